The number of alkyl halides is 3. The molecule has 0 saturated heterocycles. The minimum atomic E-state index is -4.90. The molecule has 3 nitrogen and oxygen atoms in total. The summed E-state index contributed by atoms with van der Waals surface area (Å²) in [6.07, 6.45) is -5.96. The van der Waals surface area contributed by atoms with E-state index in [1.807, 2.05) is 0 Å². The highest BCUT2D eigenvalue weighted by Gasteiger charge is 2.42. The van der Waals surface area contributed by atoms with E-state index in [-0.39, 0.29) is 16.7 Å². The molecule has 2 aromatic carbocycles. The standard InChI is InChI=1S/C18H16F5O3P/c1-25-27(24,26-2)11-16(18(21,22)23)17(12-3-7-14(19)8-4-12)13-5-9-15(20)10-6-13/h3-10H,11H2,1-2H3. The van der Waals surface area contributed by atoms with Gasteiger partial charge in [0.25, 0.3) is 0 Å². The van der Waals surface area contributed by atoms with Gasteiger partial charge >= 0.3 is 13.8 Å². The second-order valence-corrected chi connectivity index (χ2v) is 7.77. The lowest BCUT2D eigenvalue weighted by molar-refractivity contribution is -0.0907. The Morgan fingerprint density at radius 2 is 1.22 bits per heavy atom. The van der Waals surface area contributed by atoms with Gasteiger partial charge in [0.15, 0.2) is 0 Å². The summed E-state index contributed by atoms with van der Waals surface area (Å²) in [4.78, 5) is 0. The fourth-order valence-corrected chi connectivity index (χ4v) is 3.59. The van der Waals surface area contributed by atoms with Crippen molar-refractivity contribution in [2.75, 3.05) is 20.4 Å². The van der Waals surface area contributed by atoms with Crippen LogP contribution in [-0.2, 0) is 13.6 Å². The van der Waals surface area contributed by atoms with Crippen molar-refractivity contribution in [1.82, 2.24) is 0 Å². The monoisotopic (exact) mass is 406 g/mol. The summed E-state index contributed by atoms with van der Waals surface area (Å²) in [6.45, 7) is 0. The molecule has 0 heterocycles. The van der Waals surface area contributed by atoms with Gasteiger partial charge in [-0.3, -0.25) is 4.57 Å². The van der Waals surface area contributed by atoms with Crippen molar-refractivity contribution in [2.45, 2.75) is 6.18 Å². The van der Waals surface area contributed by atoms with E-state index in [0.29, 0.717) is 0 Å². The van der Waals surface area contributed by atoms with Gasteiger partial charge in [-0.25, -0.2) is 8.78 Å². The molecule has 0 spiro atoms. The number of halogens is 5. The maximum atomic E-state index is 13.9. The van der Waals surface area contributed by atoms with Crippen LogP contribution < -0.4 is 0 Å². The number of hydrogen-bond donors (Lipinski definition) is 0. The Morgan fingerprint density at radius 1 is 0.852 bits per heavy atom. The van der Waals surface area contributed by atoms with Crippen molar-refractivity contribution in [1.29, 1.82) is 0 Å². The van der Waals surface area contributed by atoms with Crippen molar-refractivity contribution < 1.29 is 35.6 Å². The van der Waals surface area contributed by atoms with Gasteiger partial charge in [0.2, 0.25) is 0 Å². The number of hydrogen-bond acceptors (Lipinski definition) is 3. The lowest BCUT2D eigenvalue weighted by Gasteiger charge is -2.22. The van der Waals surface area contributed by atoms with Crippen LogP contribution in [0, 0.1) is 11.6 Å². The number of benzene rings is 2. The Labute approximate surface area is 153 Å². The third-order valence-corrected chi connectivity index (χ3v) is 5.63. The second-order valence-electron chi connectivity index (χ2n) is 5.50. The Hall–Kier alpha value is -2.02. The lowest BCUT2D eigenvalue weighted by Crippen LogP contribution is -2.19. The Kier molecular flexibility index (Phi) is 6.57. The molecule has 146 valence electrons. The first-order chi connectivity index (χ1) is 12.6. The van der Waals surface area contributed by atoms with E-state index in [0.717, 1.165) is 62.8 Å². The molecule has 0 aliphatic rings. The lowest BCUT2D eigenvalue weighted by atomic mass is 9.93. The van der Waals surface area contributed by atoms with E-state index in [9.17, 15) is 26.5 Å². The van der Waals surface area contributed by atoms with Crippen LogP contribution in [0.15, 0.2) is 54.1 Å². The molecule has 0 unspecified atom stereocenters. The van der Waals surface area contributed by atoms with Gasteiger partial charge in [-0.1, -0.05) is 24.3 Å². The molecule has 0 aliphatic heterocycles. The molecule has 0 radical (unpaired) electrons. The van der Waals surface area contributed by atoms with Gasteiger partial charge in [0.1, 0.15) is 11.6 Å². The minimum Gasteiger partial charge on any atom is -0.312 e. The van der Waals surface area contributed by atoms with Crippen molar-refractivity contribution in [3.05, 3.63) is 76.9 Å². The molecule has 2 rings (SSSR count). The van der Waals surface area contributed by atoms with Crippen LogP contribution in [0.2, 0.25) is 0 Å². The third kappa shape index (κ3) is 5.25. The normalized spacial score (nSPS) is 12.1. The largest absolute Gasteiger partial charge is 0.413 e. The molecule has 0 N–H and O–H groups in total. The number of allylic oxidation sites excluding steroid dienone is 1. The van der Waals surface area contributed by atoms with E-state index >= 15 is 0 Å². The molecule has 0 amide bonds. The molecule has 0 bridgehead atoms. The van der Waals surface area contributed by atoms with Gasteiger partial charge < -0.3 is 9.05 Å². The average Bonchev–Trinajstić information content (AvgIpc) is 2.63. The Balaban J connectivity index is 2.80. The van der Waals surface area contributed by atoms with Crippen LogP contribution in [0.3, 0.4) is 0 Å². The average molecular weight is 406 g/mol. The molecule has 0 atom stereocenters. The number of rotatable bonds is 6. The van der Waals surface area contributed by atoms with E-state index in [4.69, 9.17) is 0 Å². The van der Waals surface area contributed by atoms with Crippen LogP contribution in [0.5, 0.6) is 0 Å². The highest BCUT2D eigenvalue weighted by Crippen LogP contribution is 2.52. The highest BCUT2D eigenvalue weighted by atomic mass is 31.2. The van der Waals surface area contributed by atoms with Crippen LogP contribution in [0.4, 0.5) is 22.0 Å². The van der Waals surface area contributed by atoms with Crippen LogP contribution in [0.25, 0.3) is 5.57 Å². The van der Waals surface area contributed by atoms with Gasteiger partial charge in [0.05, 0.1) is 11.7 Å². The molecule has 0 aromatic heterocycles. The predicted molar refractivity (Wildman–Crippen MR) is 91.4 cm³/mol. The molecule has 0 saturated carbocycles. The Bertz CT molecular complexity index is 803. The summed E-state index contributed by atoms with van der Waals surface area (Å²) >= 11 is 0. The van der Waals surface area contributed by atoms with Gasteiger partial charge in [0, 0.05) is 14.2 Å². The first-order valence-corrected chi connectivity index (χ1v) is 9.35. The highest BCUT2D eigenvalue weighted by molar-refractivity contribution is 7.54. The zero-order valence-corrected chi connectivity index (χ0v) is 15.3. The summed E-state index contributed by atoms with van der Waals surface area (Å²) < 4.78 is 89.8. The summed E-state index contributed by atoms with van der Waals surface area (Å²) in [5.41, 5.74) is -1.51. The minimum absolute atomic E-state index is 0.0223. The molecule has 27 heavy (non-hydrogen) atoms. The van der Waals surface area contributed by atoms with E-state index in [1.165, 1.54) is 0 Å². The topological polar surface area (TPSA) is 35.5 Å². The van der Waals surface area contributed by atoms with Crippen molar-refractivity contribution >= 4 is 13.2 Å². The zero-order valence-electron chi connectivity index (χ0n) is 14.4. The van der Waals surface area contributed by atoms with Crippen molar-refractivity contribution in [3.63, 3.8) is 0 Å². The SMILES string of the molecule is COP(=O)(CC(=C(c1ccc(F)cc1)c1ccc(F)cc1)C(F)(F)F)OC. The first kappa shape index (κ1) is 21.3. The second kappa shape index (κ2) is 8.33. The third-order valence-electron chi connectivity index (χ3n) is 3.82. The molecule has 9 heteroatoms. The molecular formula is C18H16F5O3P. The summed E-state index contributed by atoms with van der Waals surface area (Å²) in [7, 11) is -2.11. The van der Waals surface area contributed by atoms with Gasteiger partial charge in [-0.15, -0.1) is 0 Å². The maximum Gasteiger partial charge on any atom is 0.413 e. The first-order valence-electron chi connectivity index (χ1n) is 7.62. The molecular weight excluding hydrogens is 390 g/mol. The van der Waals surface area contributed by atoms with Crippen molar-refractivity contribution in [2.24, 2.45) is 0 Å². The zero-order chi connectivity index (χ0) is 20.2. The summed E-state index contributed by atoms with van der Waals surface area (Å²) in [5, 5.41) is 0. The van der Waals surface area contributed by atoms with E-state index in [1.54, 1.807) is 0 Å². The summed E-state index contributed by atoms with van der Waals surface area (Å²) in [6, 6.07) is 8.62. The van der Waals surface area contributed by atoms with Gasteiger partial charge in [-0.05, 0) is 41.0 Å². The fraction of sp³-hybridized carbons (Fsp3) is 0.222. The predicted octanol–water partition coefficient (Wildman–Crippen LogP) is 5.81. The van der Waals surface area contributed by atoms with Crippen molar-refractivity contribution in [3.8, 4) is 0 Å². The van der Waals surface area contributed by atoms with Crippen LogP contribution in [-0.4, -0.2) is 26.6 Å². The maximum absolute atomic E-state index is 13.9. The van der Waals surface area contributed by atoms with E-state index < -0.39 is 37.1 Å². The molecule has 0 fully saturated rings. The van der Waals surface area contributed by atoms with Crippen LogP contribution in [0.1, 0.15) is 11.1 Å². The summed E-state index contributed by atoms with van der Waals surface area (Å²) in [5.74, 6) is -1.27. The quantitative estimate of drug-likeness (QED) is 0.448. The van der Waals surface area contributed by atoms with Crippen LogP contribution >= 0.6 is 7.60 Å². The van der Waals surface area contributed by atoms with Gasteiger partial charge in [-0.2, -0.15) is 13.2 Å². The smallest absolute Gasteiger partial charge is 0.312 e. The molecule has 0 aliphatic carbocycles. The fourth-order valence-electron chi connectivity index (χ4n) is 2.46. The van der Waals surface area contributed by atoms with E-state index in [2.05, 4.69) is 9.05 Å². The Morgan fingerprint density at radius 3 is 1.52 bits per heavy atom. The molecule has 2 aromatic rings.